The Balaban J connectivity index is 1.47. The molecule has 0 bridgehead atoms. The number of benzene rings is 2. The van der Waals surface area contributed by atoms with Crippen molar-refractivity contribution < 1.29 is 14.3 Å². The first-order chi connectivity index (χ1) is 15.1. The van der Waals surface area contributed by atoms with Gasteiger partial charge >= 0.3 is 6.03 Å². The second-order valence-corrected chi connectivity index (χ2v) is 8.56. The van der Waals surface area contributed by atoms with Gasteiger partial charge in [-0.3, -0.25) is 9.80 Å². The number of piperidine rings is 1. The Labute approximate surface area is 193 Å². The predicted molar refractivity (Wildman–Crippen MR) is 125 cm³/mol. The van der Waals surface area contributed by atoms with Crippen LogP contribution in [-0.2, 0) is 0 Å². The summed E-state index contributed by atoms with van der Waals surface area (Å²) >= 11 is 12.5. The van der Waals surface area contributed by atoms with Gasteiger partial charge in [0, 0.05) is 30.9 Å². The molecule has 2 aliphatic rings. The Morgan fingerprint density at radius 2 is 1.94 bits per heavy atom. The lowest BCUT2D eigenvalue weighted by molar-refractivity contribution is 0.255. The Morgan fingerprint density at radius 1 is 1.10 bits per heavy atom. The van der Waals surface area contributed by atoms with Crippen molar-refractivity contribution in [2.24, 2.45) is 0 Å². The van der Waals surface area contributed by atoms with Gasteiger partial charge in [0.25, 0.3) is 0 Å². The largest absolute Gasteiger partial charge is 0.493 e. The molecule has 0 spiro atoms. The van der Waals surface area contributed by atoms with Gasteiger partial charge in [-0.15, -0.1) is 0 Å². The molecule has 6 nitrogen and oxygen atoms in total. The highest BCUT2D eigenvalue weighted by Gasteiger charge is 2.32. The highest BCUT2D eigenvalue weighted by molar-refractivity contribution is 6.44. The first kappa shape index (κ1) is 22.1. The van der Waals surface area contributed by atoms with Crippen LogP contribution in [0.3, 0.4) is 0 Å². The Bertz CT molecular complexity index is 934. The molecule has 1 unspecified atom stereocenters. The van der Waals surface area contributed by atoms with Crippen molar-refractivity contribution in [2.45, 2.75) is 31.7 Å². The third-order valence-corrected chi connectivity index (χ3v) is 6.64. The van der Waals surface area contributed by atoms with Crippen LogP contribution in [0, 0.1) is 0 Å². The van der Waals surface area contributed by atoms with Crippen LogP contribution in [0.4, 0.5) is 16.2 Å². The minimum absolute atomic E-state index is 0.147. The number of anilines is 2. The monoisotopic (exact) mass is 463 g/mol. The summed E-state index contributed by atoms with van der Waals surface area (Å²) in [5, 5.41) is 4.35. The molecular formula is C23H27Cl2N3O3. The van der Waals surface area contributed by atoms with E-state index in [4.69, 9.17) is 32.7 Å². The minimum atomic E-state index is -0.147. The number of urea groups is 1. The van der Waals surface area contributed by atoms with Crippen molar-refractivity contribution in [3.63, 3.8) is 0 Å². The van der Waals surface area contributed by atoms with Crippen LogP contribution in [0.1, 0.15) is 25.7 Å². The molecule has 2 aromatic carbocycles. The number of methoxy groups -OCH3 is 1. The number of rotatable bonds is 7. The first-order valence-electron chi connectivity index (χ1n) is 10.7. The summed E-state index contributed by atoms with van der Waals surface area (Å²) in [5.74, 6) is 1.30. The van der Waals surface area contributed by atoms with E-state index in [0.29, 0.717) is 53.0 Å². The lowest BCUT2D eigenvalue weighted by Gasteiger charge is -2.24. The molecule has 2 aromatic rings. The predicted octanol–water partition coefficient (Wildman–Crippen LogP) is 5.36. The fraction of sp³-hybridized carbons (Fsp3) is 0.435. The summed E-state index contributed by atoms with van der Waals surface area (Å²) < 4.78 is 11.5. The maximum atomic E-state index is 13.1. The van der Waals surface area contributed by atoms with E-state index >= 15 is 0 Å². The van der Waals surface area contributed by atoms with Gasteiger partial charge in [-0.1, -0.05) is 35.7 Å². The quantitative estimate of drug-likeness (QED) is 0.600. The summed E-state index contributed by atoms with van der Waals surface area (Å²) in [6, 6.07) is 11.2. The van der Waals surface area contributed by atoms with E-state index in [1.165, 1.54) is 19.3 Å². The van der Waals surface area contributed by atoms with Gasteiger partial charge in [-0.25, -0.2) is 4.79 Å². The Hall–Kier alpha value is -2.15. The van der Waals surface area contributed by atoms with Gasteiger partial charge in [-0.2, -0.15) is 0 Å². The molecule has 1 N–H and O–H groups in total. The molecule has 8 heteroatoms. The van der Waals surface area contributed by atoms with Crippen molar-refractivity contribution in [1.82, 2.24) is 5.32 Å². The van der Waals surface area contributed by atoms with E-state index < -0.39 is 0 Å². The third kappa shape index (κ3) is 4.86. The van der Waals surface area contributed by atoms with E-state index in [1.54, 1.807) is 35.1 Å². The molecule has 0 radical (unpaired) electrons. The number of hydrogen-bond acceptors (Lipinski definition) is 4. The number of amides is 2. The van der Waals surface area contributed by atoms with Crippen LogP contribution in [0.2, 0.25) is 10.0 Å². The maximum Gasteiger partial charge on any atom is 0.329 e. The van der Waals surface area contributed by atoms with E-state index in [2.05, 4.69) is 5.32 Å². The summed E-state index contributed by atoms with van der Waals surface area (Å²) in [4.78, 5) is 16.5. The molecule has 4 rings (SSSR count). The molecule has 2 heterocycles. The van der Waals surface area contributed by atoms with Crippen molar-refractivity contribution in [2.75, 3.05) is 43.2 Å². The van der Waals surface area contributed by atoms with Crippen LogP contribution < -0.4 is 24.6 Å². The zero-order valence-electron chi connectivity index (χ0n) is 17.6. The molecule has 1 atom stereocenters. The van der Waals surface area contributed by atoms with Crippen molar-refractivity contribution >= 4 is 40.6 Å². The molecule has 2 aliphatic heterocycles. The fourth-order valence-electron chi connectivity index (χ4n) is 4.13. The van der Waals surface area contributed by atoms with Crippen LogP contribution in [0.5, 0.6) is 11.5 Å². The van der Waals surface area contributed by atoms with Gasteiger partial charge in [0.2, 0.25) is 0 Å². The number of halogens is 2. The molecule has 0 saturated carbocycles. The van der Waals surface area contributed by atoms with Crippen LogP contribution in [0.25, 0.3) is 0 Å². The standard InChI is InChI=1S/C23H27Cl2N3O3/c1-30-20-9-8-17(15-21(20)31-14-10-16-5-2-3-11-26-16)27-12-13-28(23(27)29)19-7-4-6-18(24)22(19)25/h4,6-9,15-16,26H,2-3,5,10-14H2,1H3. The average molecular weight is 464 g/mol. The van der Waals surface area contributed by atoms with E-state index in [1.807, 2.05) is 18.2 Å². The first-order valence-corrected chi connectivity index (χ1v) is 11.4. The minimum Gasteiger partial charge on any atom is -0.493 e. The summed E-state index contributed by atoms with van der Waals surface area (Å²) in [5.41, 5.74) is 1.38. The van der Waals surface area contributed by atoms with Crippen molar-refractivity contribution in [3.05, 3.63) is 46.4 Å². The number of nitrogens with one attached hydrogen (secondary N) is 1. The summed E-state index contributed by atoms with van der Waals surface area (Å²) in [7, 11) is 1.62. The van der Waals surface area contributed by atoms with Gasteiger partial charge in [0.1, 0.15) is 0 Å². The lowest BCUT2D eigenvalue weighted by Crippen LogP contribution is -2.35. The second-order valence-electron chi connectivity index (χ2n) is 7.78. The molecule has 0 aromatic heterocycles. The Kier molecular flexibility index (Phi) is 7.10. The smallest absolute Gasteiger partial charge is 0.329 e. The second kappa shape index (κ2) is 9.98. The lowest BCUT2D eigenvalue weighted by atomic mass is 10.0. The molecular weight excluding hydrogens is 437 g/mol. The van der Waals surface area contributed by atoms with Gasteiger partial charge in [0.15, 0.2) is 11.5 Å². The number of carbonyl (C=O) groups is 1. The number of ether oxygens (including phenoxy) is 2. The fourth-order valence-corrected chi connectivity index (χ4v) is 4.53. The van der Waals surface area contributed by atoms with Gasteiger partial charge in [0.05, 0.1) is 29.4 Å². The number of nitrogens with zero attached hydrogens (tertiary/aromatic N) is 2. The number of hydrogen-bond donors (Lipinski definition) is 1. The highest BCUT2D eigenvalue weighted by atomic mass is 35.5. The average Bonchev–Trinajstić information content (AvgIpc) is 3.17. The van der Waals surface area contributed by atoms with E-state index in [0.717, 1.165) is 18.7 Å². The van der Waals surface area contributed by atoms with Crippen LogP contribution in [-0.4, -0.2) is 45.4 Å². The summed E-state index contributed by atoms with van der Waals surface area (Å²) in [6.07, 6.45) is 4.64. The van der Waals surface area contributed by atoms with Gasteiger partial charge in [-0.05, 0) is 50.1 Å². The zero-order chi connectivity index (χ0) is 21.8. The topological polar surface area (TPSA) is 54.0 Å². The normalized spacial score (nSPS) is 19.1. The summed E-state index contributed by atoms with van der Waals surface area (Å²) in [6.45, 7) is 2.73. The van der Waals surface area contributed by atoms with Crippen LogP contribution >= 0.6 is 23.2 Å². The molecule has 31 heavy (non-hydrogen) atoms. The third-order valence-electron chi connectivity index (χ3n) is 5.83. The highest BCUT2D eigenvalue weighted by Crippen LogP contribution is 2.37. The van der Waals surface area contributed by atoms with Crippen LogP contribution in [0.15, 0.2) is 36.4 Å². The molecule has 2 fully saturated rings. The molecule has 166 valence electrons. The van der Waals surface area contributed by atoms with E-state index in [-0.39, 0.29) is 6.03 Å². The SMILES string of the molecule is COc1ccc(N2CCN(c3cccc(Cl)c3Cl)C2=O)cc1OCCC1CCCCN1. The number of carbonyl (C=O) groups excluding carboxylic acids is 1. The molecule has 0 aliphatic carbocycles. The van der Waals surface area contributed by atoms with Gasteiger partial charge < -0.3 is 14.8 Å². The van der Waals surface area contributed by atoms with E-state index in [9.17, 15) is 4.79 Å². The maximum absolute atomic E-state index is 13.1. The Morgan fingerprint density at radius 3 is 2.71 bits per heavy atom. The molecule has 2 saturated heterocycles. The molecule has 2 amide bonds. The van der Waals surface area contributed by atoms with Crippen molar-refractivity contribution in [3.8, 4) is 11.5 Å². The zero-order valence-corrected chi connectivity index (χ0v) is 19.1. The van der Waals surface area contributed by atoms with Crippen molar-refractivity contribution in [1.29, 1.82) is 0 Å².